The zero-order valence-electron chi connectivity index (χ0n) is 13.6. The number of morpholine rings is 1. The molecule has 5 nitrogen and oxygen atoms in total. The third kappa shape index (κ3) is 4.94. The Labute approximate surface area is 128 Å². The summed E-state index contributed by atoms with van der Waals surface area (Å²) in [5, 5.41) is 3.09. The largest absolute Gasteiger partial charge is 0.379 e. The summed E-state index contributed by atoms with van der Waals surface area (Å²) in [6.07, 6.45) is 5.99. The molecule has 5 heteroatoms. The lowest BCUT2D eigenvalue weighted by atomic mass is 9.80. The summed E-state index contributed by atoms with van der Waals surface area (Å²) < 4.78 is 5.39. The summed E-state index contributed by atoms with van der Waals surface area (Å²) in [5.74, 6) is 0.0979. The van der Waals surface area contributed by atoms with Gasteiger partial charge in [0.15, 0.2) is 0 Å². The Morgan fingerprint density at radius 1 is 1.24 bits per heavy atom. The fourth-order valence-corrected chi connectivity index (χ4v) is 3.41. The fourth-order valence-electron chi connectivity index (χ4n) is 3.41. The average Bonchev–Trinajstić information content (AvgIpc) is 2.46. The van der Waals surface area contributed by atoms with Crippen LogP contribution in [0.5, 0.6) is 0 Å². The third-order valence-corrected chi connectivity index (χ3v) is 4.95. The zero-order valence-corrected chi connectivity index (χ0v) is 13.6. The van der Waals surface area contributed by atoms with Crippen LogP contribution in [0.4, 0.5) is 0 Å². The van der Waals surface area contributed by atoms with E-state index in [0.29, 0.717) is 13.0 Å². The Morgan fingerprint density at radius 3 is 2.48 bits per heavy atom. The van der Waals surface area contributed by atoms with Crippen LogP contribution >= 0.6 is 0 Å². The van der Waals surface area contributed by atoms with E-state index in [-0.39, 0.29) is 17.0 Å². The van der Waals surface area contributed by atoms with E-state index in [9.17, 15) is 4.79 Å². The molecule has 0 aromatic rings. The molecule has 1 aliphatic carbocycles. The topological polar surface area (TPSA) is 67.6 Å². The summed E-state index contributed by atoms with van der Waals surface area (Å²) in [5.41, 5.74) is 6.05. The van der Waals surface area contributed by atoms with Crippen LogP contribution in [0.3, 0.4) is 0 Å². The summed E-state index contributed by atoms with van der Waals surface area (Å²) in [6, 6.07) is 0. The highest BCUT2D eigenvalue weighted by atomic mass is 16.5. The van der Waals surface area contributed by atoms with Gasteiger partial charge in [-0.05, 0) is 26.7 Å². The lowest BCUT2D eigenvalue weighted by Crippen LogP contribution is -2.56. The van der Waals surface area contributed by atoms with E-state index in [1.165, 1.54) is 6.42 Å². The van der Waals surface area contributed by atoms with Gasteiger partial charge in [0.05, 0.1) is 13.2 Å². The van der Waals surface area contributed by atoms with Gasteiger partial charge in [0.25, 0.3) is 0 Å². The lowest BCUT2D eigenvalue weighted by molar-refractivity contribution is -0.123. The molecule has 3 N–H and O–H groups in total. The number of ether oxygens (including phenoxy) is 1. The normalized spacial score (nSPS) is 23.8. The van der Waals surface area contributed by atoms with Gasteiger partial charge in [-0.25, -0.2) is 0 Å². The molecular formula is C16H31N3O2. The van der Waals surface area contributed by atoms with Gasteiger partial charge < -0.3 is 15.8 Å². The maximum atomic E-state index is 12.2. The van der Waals surface area contributed by atoms with Crippen molar-refractivity contribution < 1.29 is 9.53 Å². The maximum absolute atomic E-state index is 12.2. The number of hydrogen-bond donors (Lipinski definition) is 2. The molecule has 1 amide bonds. The molecule has 1 aliphatic heterocycles. The molecule has 0 bridgehead atoms. The van der Waals surface area contributed by atoms with Crippen LogP contribution in [0.25, 0.3) is 0 Å². The molecule has 0 atom stereocenters. The van der Waals surface area contributed by atoms with Crippen LogP contribution < -0.4 is 11.1 Å². The molecule has 0 radical (unpaired) electrons. The minimum Gasteiger partial charge on any atom is -0.379 e. The molecule has 1 saturated carbocycles. The Hall–Kier alpha value is -0.650. The first-order valence-electron chi connectivity index (χ1n) is 8.30. The summed E-state index contributed by atoms with van der Waals surface area (Å²) in [7, 11) is 0. The van der Waals surface area contributed by atoms with Crippen LogP contribution in [0.2, 0.25) is 0 Å². The highest BCUT2D eigenvalue weighted by Crippen LogP contribution is 2.28. The van der Waals surface area contributed by atoms with Gasteiger partial charge in [-0.1, -0.05) is 19.3 Å². The Morgan fingerprint density at radius 2 is 1.86 bits per heavy atom. The number of nitrogens with two attached hydrogens (primary N) is 1. The van der Waals surface area contributed by atoms with E-state index in [1.807, 2.05) is 0 Å². The Balaban J connectivity index is 1.77. The molecule has 0 spiro atoms. The fraction of sp³-hybridized carbons (Fsp3) is 0.938. The second kappa shape index (κ2) is 7.07. The first-order chi connectivity index (χ1) is 9.91. The van der Waals surface area contributed by atoms with Gasteiger partial charge in [-0.2, -0.15) is 0 Å². The van der Waals surface area contributed by atoms with E-state index in [0.717, 1.165) is 52.0 Å². The average molecular weight is 297 g/mol. The molecule has 1 saturated heterocycles. The van der Waals surface area contributed by atoms with Gasteiger partial charge in [0.1, 0.15) is 0 Å². The summed E-state index contributed by atoms with van der Waals surface area (Å²) >= 11 is 0. The molecule has 122 valence electrons. The molecule has 2 aliphatic rings. The third-order valence-electron chi connectivity index (χ3n) is 4.95. The molecule has 2 rings (SSSR count). The summed E-state index contributed by atoms with van der Waals surface area (Å²) in [6.45, 7) is 8.46. The predicted molar refractivity (Wildman–Crippen MR) is 84.1 cm³/mol. The highest BCUT2D eigenvalue weighted by molar-refractivity contribution is 5.77. The van der Waals surface area contributed by atoms with Crippen molar-refractivity contribution in [3.63, 3.8) is 0 Å². The minimum absolute atomic E-state index is 0.0340. The predicted octanol–water partition coefficient (Wildman–Crippen LogP) is 1.27. The van der Waals surface area contributed by atoms with Crippen LogP contribution in [0, 0.1) is 0 Å². The van der Waals surface area contributed by atoms with Crippen molar-refractivity contribution in [2.75, 3.05) is 32.8 Å². The van der Waals surface area contributed by atoms with Crippen LogP contribution in [-0.4, -0.2) is 54.7 Å². The van der Waals surface area contributed by atoms with Crippen LogP contribution in [-0.2, 0) is 9.53 Å². The monoisotopic (exact) mass is 297 g/mol. The van der Waals surface area contributed by atoms with E-state index < -0.39 is 0 Å². The van der Waals surface area contributed by atoms with Crippen LogP contribution in [0.1, 0.15) is 52.4 Å². The van der Waals surface area contributed by atoms with Gasteiger partial charge in [-0.15, -0.1) is 0 Å². The number of carbonyl (C=O) groups excluding carboxylic acids is 1. The zero-order chi connectivity index (χ0) is 15.3. The van der Waals surface area contributed by atoms with Crippen LogP contribution in [0.15, 0.2) is 0 Å². The van der Waals surface area contributed by atoms with E-state index in [1.54, 1.807) is 0 Å². The summed E-state index contributed by atoms with van der Waals surface area (Å²) in [4.78, 5) is 14.6. The molecule has 2 fully saturated rings. The highest BCUT2D eigenvalue weighted by Gasteiger charge is 2.32. The molecule has 0 aromatic heterocycles. The number of nitrogens with zero attached hydrogens (tertiary/aromatic N) is 1. The Bertz CT molecular complexity index is 345. The van der Waals surface area contributed by atoms with E-state index in [2.05, 4.69) is 24.1 Å². The first-order valence-corrected chi connectivity index (χ1v) is 8.30. The van der Waals surface area contributed by atoms with Crippen molar-refractivity contribution in [3.8, 4) is 0 Å². The second-order valence-corrected chi connectivity index (χ2v) is 7.29. The number of rotatable bonds is 5. The van der Waals surface area contributed by atoms with Crippen molar-refractivity contribution in [1.82, 2.24) is 10.2 Å². The number of amides is 1. The van der Waals surface area contributed by atoms with Crippen molar-refractivity contribution in [3.05, 3.63) is 0 Å². The molecule has 0 aromatic carbocycles. The van der Waals surface area contributed by atoms with Crippen molar-refractivity contribution in [2.45, 2.75) is 63.5 Å². The second-order valence-electron chi connectivity index (χ2n) is 7.29. The number of hydrogen-bond acceptors (Lipinski definition) is 4. The number of nitrogens with one attached hydrogen (secondary N) is 1. The van der Waals surface area contributed by atoms with Crippen molar-refractivity contribution in [2.24, 2.45) is 5.73 Å². The molecule has 1 heterocycles. The van der Waals surface area contributed by atoms with Crippen molar-refractivity contribution >= 4 is 5.91 Å². The van der Waals surface area contributed by atoms with Gasteiger partial charge in [0, 0.05) is 37.1 Å². The maximum Gasteiger partial charge on any atom is 0.221 e. The smallest absolute Gasteiger partial charge is 0.221 e. The van der Waals surface area contributed by atoms with Gasteiger partial charge in [0.2, 0.25) is 5.91 Å². The lowest BCUT2D eigenvalue weighted by Gasteiger charge is -2.41. The first kappa shape index (κ1) is 16.7. The quantitative estimate of drug-likeness (QED) is 0.802. The SMILES string of the molecule is CC(C)(CNC(=O)CC1(N)CCCCC1)N1CCOCC1. The van der Waals surface area contributed by atoms with Crippen molar-refractivity contribution in [1.29, 1.82) is 0 Å². The number of carbonyl (C=O) groups is 1. The molecular weight excluding hydrogens is 266 g/mol. The van der Waals surface area contributed by atoms with E-state index in [4.69, 9.17) is 10.5 Å². The minimum atomic E-state index is -0.272. The standard InChI is InChI=1S/C16H31N3O2/c1-15(2,19-8-10-21-11-9-19)13-18-14(20)12-16(17)6-4-3-5-7-16/h3-13,17H2,1-2H3,(H,18,20). The molecule has 0 unspecified atom stereocenters. The molecule has 21 heavy (non-hydrogen) atoms. The Kier molecular flexibility index (Phi) is 5.63. The van der Waals surface area contributed by atoms with Gasteiger partial charge in [-0.3, -0.25) is 9.69 Å². The van der Waals surface area contributed by atoms with E-state index >= 15 is 0 Å². The van der Waals surface area contributed by atoms with Gasteiger partial charge >= 0.3 is 0 Å².